The molecule has 0 fully saturated rings. The molecular formula is C14H16N3+. The van der Waals surface area contributed by atoms with Gasteiger partial charge in [-0.05, 0) is 24.3 Å². The maximum atomic E-state index is 3.27. The maximum absolute atomic E-state index is 3.27. The number of rotatable bonds is 2. The Morgan fingerprint density at radius 3 is 1.53 bits per heavy atom. The Morgan fingerprint density at radius 1 is 0.765 bits per heavy atom. The van der Waals surface area contributed by atoms with Crippen molar-refractivity contribution in [3.63, 3.8) is 0 Å². The minimum absolute atomic E-state index is 0.849. The van der Waals surface area contributed by atoms with Gasteiger partial charge in [-0.15, -0.1) is 0 Å². The standard InChI is InChI=1S/C14H15N3/c1-15-14(16-12-8-4-2-5-9-12)17-13-10-6-3-7-11-13/h2-11H,1H3,(H2,15,16,17)/p+1. The van der Waals surface area contributed by atoms with Crippen LogP contribution in [0, 0.1) is 0 Å². The van der Waals surface area contributed by atoms with Crippen LogP contribution in [0.1, 0.15) is 0 Å². The van der Waals surface area contributed by atoms with Crippen molar-refractivity contribution in [1.29, 1.82) is 0 Å². The number of guanidine groups is 1. The summed E-state index contributed by atoms with van der Waals surface area (Å²) in [6.07, 6.45) is 0. The predicted octanol–water partition coefficient (Wildman–Crippen LogP) is 1.28. The van der Waals surface area contributed by atoms with Crippen LogP contribution in [-0.2, 0) is 0 Å². The molecule has 0 bridgehead atoms. The first kappa shape index (κ1) is 11.2. The predicted molar refractivity (Wildman–Crippen MR) is 72.0 cm³/mol. The Hall–Kier alpha value is -2.29. The van der Waals surface area contributed by atoms with Gasteiger partial charge in [0, 0.05) is 0 Å². The minimum atomic E-state index is 0.849. The lowest BCUT2D eigenvalue weighted by atomic mass is 10.3. The van der Waals surface area contributed by atoms with Crippen molar-refractivity contribution >= 4 is 17.3 Å². The molecule has 0 spiro atoms. The summed E-state index contributed by atoms with van der Waals surface area (Å²) in [6.45, 7) is 0. The Kier molecular flexibility index (Phi) is 3.76. The zero-order chi connectivity index (χ0) is 11.9. The third-order valence-corrected chi connectivity index (χ3v) is 2.34. The fraction of sp³-hybridized carbons (Fsp3) is 0.0714. The van der Waals surface area contributed by atoms with Crippen LogP contribution in [-0.4, -0.2) is 13.0 Å². The molecule has 3 nitrogen and oxygen atoms in total. The molecule has 0 saturated carbocycles. The number of hydrogen-bond donors (Lipinski definition) is 3. The maximum Gasteiger partial charge on any atom is 0.353 e. The molecule has 0 saturated heterocycles. The Labute approximate surface area is 101 Å². The summed E-state index contributed by atoms with van der Waals surface area (Å²) in [4.78, 5) is 3.09. The molecule has 86 valence electrons. The van der Waals surface area contributed by atoms with Crippen LogP contribution in [0.3, 0.4) is 0 Å². The van der Waals surface area contributed by atoms with E-state index in [-0.39, 0.29) is 0 Å². The van der Waals surface area contributed by atoms with Crippen LogP contribution in [0.2, 0.25) is 0 Å². The van der Waals surface area contributed by atoms with Gasteiger partial charge in [0.2, 0.25) is 0 Å². The van der Waals surface area contributed by atoms with E-state index >= 15 is 0 Å². The lowest BCUT2D eigenvalue weighted by Gasteiger charge is -2.04. The third kappa shape index (κ3) is 3.34. The molecule has 0 aliphatic rings. The summed E-state index contributed by atoms with van der Waals surface area (Å²) >= 11 is 0. The van der Waals surface area contributed by atoms with E-state index in [1.165, 1.54) is 0 Å². The van der Waals surface area contributed by atoms with Gasteiger partial charge in [-0.3, -0.25) is 4.99 Å². The average molecular weight is 226 g/mol. The number of benzene rings is 2. The number of anilines is 2. The molecule has 0 aromatic heterocycles. The second-order valence-electron chi connectivity index (χ2n) is 3.61. The van der Waals surface area contributed by atoms with Crippen LogP contribution >= 0.6 is 0 Å². The van der Waals surface area contributed by atoms with Crippen LogP contribution < -0.4 is 15.6 Å². The van der Waals surface area contributed by atoms with Gasteiger partial charge in [0.05, 0.1) is 18.4 Å². The number of para-hydroxylation sites is 2. The average Bonchev–Trinajstić information content (AvgIpc) is 2.40. The van der Waals surface area contributed by atoms with E-state index in [1.807, 2.05) is 67.7 Å². The molecule has 0 aliphatic carbocycles. The molecule has 0 radical (unpaired) electrons. The molecule has 17 heavy (non-hydrogen) atoms. The largest absolute Gasteiger partial charge is 0.353 e. The van der Waals surface area contributed by atoms with Gasteiger partial charge in [-0.2, -0.15) is 0 Å². The monoisotopic (exact) mass is 226 g/mol. The molecule has 0 atom stereocenters. The Morgan fingerprint density at radius 2 is 1.18 bits per heavy atom. The summed E-state index contributed by atoms with van der Waals surface area (Å²) in [7, 11) is 1.88. The highest BCUT2D eigenvalue weighted by Gasteiger charge is 2.06. The van der Waals surface area contributed by atoms with Crippen molar-refractivity contribution < 1.29 is 4.99 Å². The summed E-state index contributed by atoms with van der Waals surface area (Å²) < 4.78 is 0. The summed E-state index contributed by atoms with van der Waals surface area (Å²) in [5.74, 6) is 0.849. The molecule has 3 N–H and O–H groups in total. The van der Waals surface area contributed by atoms with Crippen molar-refractivity contribution in [3.8, 4) is 0 Å². The first-order valence-corrected chi connectivity index (χ1v) is 5.57. The molecule has 0 unspecified atom stereocenters. The first-order chi connectivity index (χ1) is 8.38. The van der Waals surface area contributed by atoms with Crippen LogP contribution in [0.25, 0.3) is 0 Å². The highest BCUT2D eigenvalue weighted by atomic mass is 15.2. The lowest BCUT2D eigenvalue weighted by molar-refractivity contribution is -0.419. The topological polar surface area (TPSA) is 38.0 Å². The number of hydrogen-bond acceptors (Lipinski definition) is 0. The zero-order valence-corrected chi connectivity index (χ0v) is 9.77. The SMILES string of the molecule is C[NH+]=C(Nc1ccccc1)Nc1ccccc1. The summed E-state index contributed by atoms with van der Waals surface area (Å²) in [5.41, 5.74) is 2.08. The quantitative estimate of drug-likeness (QED) is 0.533. The lowest BCUT2D eigenvalue weighted by Crippen LogP contribution is -2.72. The van der Waals surface area contributed by atoms with Gasteiger partial charge in [-0.25, -0.2) is 10.6 Å². The minimum Gasteiger partial charge on any atom is -0.280 e. The van der Waals surface area contributed by atoms with Crippen LogP contribution in [0.4, 0.5) is 11.4 Å². The second kappa shape index (κ2) is 5.70. The van der Waals surface area contributed by atoms with E-state index in [4.69, 9.17) is 0 Å². The van der Waals surface area contributed by atoms with E-state index in [0.717, 1.165) is 17.3 Å². The van der Waals surface area contributed by atoms with Crippen LogP contribution in [0.15, 0.2) is 60.7 Å². The van der Waals surface area contributed by atoms with Gasteiger partial charge >= 0.3 is 5.96 Å². The highest BCUT2D eigenvalue weighted by Crippen LogP contribution is 2.07. The molecule has 3 heteroatoms. The Bertz CT molecular complexity index is 434. The smallest absolute Gasteiger partial charge is 0.280 e. The van der Waals surface area contributed by atoms with E-state index < -0.39 is 0 Å². The zero-order valence-electron chi connectivity index (χ0n) is 9.77. The van der Waals surface area contributed by atoms with Gasteiger partial charge in [-0.1, -0.05) is 36.4 Å². The number of nitrogens with one attached hydrogen (secondary N) is 3. The first-order valence-electron chi connectivity index (χ1n) is 5.57. The van der Waals surface area contributed by atoms with Crippen LogP contribution in [0.5, 0.6) is 0 Å². The van der Waals surface area contributed by atoms with E-state index in [9.17, 15) is 0 Å². The second-order valence-corrected chi connectivity index (χ2v) is 3.61. The Balaban J connectivity index is 2.04. The van der Waals surface area contributed by atoms with Gasteiger partial charge in [0.1, 0.15) is 0 Å². The fourth-order valence-corrected chi connectivity index (χ4v) is 1.49. The molecule has 0 aliphatic heterocycles. The molecule has 0 heterocycles. The highest BCUT2D eigenvalue weighted by molar-refractivity contribution is 5.99. The van der Waals surface area contributed by atoms with E-state index in [1.54, 1.807) is 0 Å². The van der Waals surface area contributed by atoms with E-state index in [0.29, 0.717) is 0 Å². The normalized spacial score (nSPS) is 9.47. The van der Waals surface area contributed by atoms with E-state index in [2.05, 4.69) is 15.6 Å². The fourth-order valence-electron chi connectivity index (χ4n) is 1.49. The molecule has 2 aromatic carbocycles. The molecule has 2 rings (SSSR count). The molecular weight excluding hydrogens is 210 g/mol. The van der Waals surface area contributed by atoms with Gasteiger partial charge in [0.15, 0.2) is 0 Å². The van der Waals surface area contributed by atoms with Crippen molar-refractivity contribution in [2.45, 2.75) is 0 Å². The summed E-state index contributed by atoms with van der Waals surface area (Å²) in [5, 5.41) is 6.54. The van der Waals surface area contributed by atoms with Crippen molar-refractivity contribution in [2.24, 2.45) is 0 Å². The van der Waals surface area contributed by atoms with Crippen molar-refractivity contribution in [3.05, 3.63) is 60.7 Å². The third-order valence-electron chi connectivity index (χ3n) is 2.34. The summed E-state index contributed by atoms with van der Waals surface area (Å²) in [6, 6.07) is 20.1. The van der Waals surface area contributed by atoms with Gasteiger partial charge < -0.3 is 0 Å². The van der Waals surface area contributed by atoms with Crippen molar-refractivity contribution in [1.82, 2.24) is 0 Å². The molecule has 0 amide bonds. The van der Waals surface area contributed by atoms with Gasteiger partial charge in [0.25, 0.3) is 0 Å². The van der Waals surface area contributed by atoms with Crippen molar-refractivity contribution in [2.75, 3.05) is 17.7 Å². The molecule has 2 aromatic rings.